The highest BCUT2D eigenvalue weighted by atomic mass is 16.5. The molecule has 1 aliphatic heterocycles. The van der Waals surface area contributed by atoms with E-state index in [2.05, 4.69) is 35.7 Å². The molecule has 1 unspecified atom stereocenters. The van der Waals surface area contributed by atoms with E-state index in [0.717, 1.165) is 32.0 Å². The smallest absolute Gasteiger partial charge is 0.101 e. The number of ether oxygens (including phenoxy) is 1. The summed E-state index contributed by atoms with van der Waals surface area (Å²) < 4.78 is 8.03. The first-order valence-corrected chi connectivity index (χ1v) is 8.39. The van der Waals surface area contributed by atoms with Crippen LogP contribution in [0.4, 0.5) is 0 Å². The fourth-order valence-corrected chi connectivity index (χ4v) is 3.38. The molecule has 21 heavy (non-hydrogen) atoms. The molecule has 1 saturated heterocycles. The van der Waals surface area contributed by atoms with E-state index in [1.807, 2.05) is 10.9 Å². The van der Waals surface area contributed by atoms with Gasteiger partial charge in [0.15, 0.2) is 0 Å². The lowest BCUT2D eigenvalue weighted by Gasteiger charge is -2.33. The molecule has 1 aromatic rings. The van der Waals surface area contributed by atoms with E-state index in [1.54, 1.807) is 0 Å². The van der Waals surface area contributed by atoms with Crippen LogP contribution < -0.4 is 5.32 Å². The average molecular weight is 289 g/mol. The lowest BCUT2D eigenvalue weighted by atomic mass is 9.92. The fourth-order valence-electron chi connectivity index (χ4n) is 3.38. The standard InChI is InChI=1S/C17H27N3O/c1-2-20-13-15(12-19-20)17-16(9-6-10-21-17)18-11-14-7-4-3-5-8-14/h3-4,12-14,16-18H,2,5-11H2,1H3/t14?,16-,17+/m0/s1. The molecule has 0 bridgehead atoms. The van der Waals surface area contributed by atoms with Crippen molar-refractivity contribution in [3.63, 3.8) is 0 Å². The second kappa shape index (κ2) is 7.23. The number of hydrogen-bond acceptors (Lipinski definition) is 3. The van der Waals surface area contributed by atoms with Crippen LogP contribution in [0.5, 0.6) is 0 Å². The summed E-state index contributed by atoms with van der Waals surface area (Å²) in [6.45, 7) is 5.01. The number of aryl methyl sites for hydroxylation is 1. The normalized spacial score (nSPS) is 29.7. The van der Waals surface area contributed by atoms with Gasteiger partial charge in [-0.2, -0.15) is 5.10 Å². The third-order valence-corrected chi connectivity index (χ3v) is 4.67. The van der Waals surface area contributed by atoms with Crippen molar-refractivity contribution < 1.29 is 4.74 Å². The summed E-state index contributed by atoms with van der Waals surface area (Å²) in [5.74, 6) is 0.788. The molecule has 2 heterocycles. The van der Waals surface area contributed by atoms with E-state index in [9.17, 15) is 0 Å². The van der Waals surface area contributed by atoms with Crippen molar-refractivity contribution in [2.24, 2.45) is 5.92 Å². The van der Waals surface area contributed by atoms with Crippen LogP contribution in [-0.4, -0.2) is 29.0 Å². The van der Waals surface area contributed by atoms with Crippen molar-refractivity contribution in [3.05, 3.63) is 30.1 Å². The Morgan fingerprint density at radius 3 is 3.10 bits per heavy atom. The van der Waals surface area contributed by atoms with Crippen LogP contribution >= 0.6 is 0 Å². The second-order valence-electron chi connectivity index (χ2n) is 6.23. The van der Waals surface area contributed by atoms with Crippen molar-refractivity contribution >= 4 is 0 Å². The molecule has 0 saturated carbocycles. The zero-order valence-corrected chi connectivity index (χ0v) is 13.0. The van der Waals surface area contributed by atoms with Gasteiger partial charge in [0.05, 0.1) is 6.20 Å². The molecule has 3 atom stereocenters. The first kappa shape index (κ1) is 14.8. The lowest BCUT2D eigenvalue weighted by Crippen LogP contribution is -2.41. The molecule has 0 radical (unpaired) electrons. The van der Waals surface area contributed by atoms with Crippen LogP contribution in [0.3, 0.4) is 0 Å². The lowest BCUT2D eigenvalue weighted by molar-refractivity contribution is -0.0117. The van der Waals surface area contributed by atoms with E-state index in [1.165, 1.54) is 31.2 Å². The molecule has 0 amide bonds. The number of nitrogens with one attached hydrogen (secondary N) is 1. The summed E-state index contributed by atoms with van der Waals surface area (Å²) in [6.07, 6.45) is 15.0. The minimum atomic E-state index is 0.165. The fraction of sp³-hybridized carbons (Fsp3) is 0.706. The van der Waals surface area contributed by atoms with E-state index in [-0.39, 0.29) is 6.10 Å². The molecule has 4 nitrogen and oxygen atoms in total. The van der Waals surface area contributed by atoms with Crippen molar-refractivity contribution in [1.82, 2.24) is 15.1 Å². The highest BCUT2D eigenvalue weighted by Gasteiger charge is 2.28. The van der Waals surface area contributed by atoms with Gasteiger partial charge in [0.1, 0.15) is 6.10 Å². The largest absolute Gasteiger partial charge is 0.372 e. The molecule has 1 N–H and O–H groups in total. The maximum atomic E-state index is 6.04. The molecule has 1 fully saturated rings. The van der Waals surface area contributed by atoms with Crippen LogP contribution in [0.2, 0.25) is 0 Å². The molecule has 1 aliphatic carbocycles. The van der Waals surface area contributed by atoms with E-state index >= 15 is 0 Å². The first-order valence-electron chi connectivity index (χ1n) is 8.39. The SMILES string of the molecule is CCn1cc([C@H]2OCCC[C@@H]2NCC2CC=CCC2)cn1. The van der Waals surface area contributed by atoms with Crippen LogP contribution in [0.25, 0.3) is 0 Å². The number of aromatic nitrogens is 2. The molecule has 1 aromatic heterocycles. The van der Waals surface area contributed by atoms with Gasteiger partial charge in [-0.3, -0.25) is 4.68 Å². The number of nitrogens with zero attached hydrogens (tertiary/aromatic N) is 2. The summed E-state index contributed by atoms with van der Waals surface area (Å²) in [4.78, 5) is 0. The first-order chi connectivity index (χ1) is 10.4. The Bertz CT molecular complexity index is 468. The summed E-state index contributed by atoms with van der Waals surface area (Å²) in [5, 5.41) is 8.17. The van der Waals surface area contributed by atoms with Crippen LogP contribution in [0.15, 0.2) is 24.5 Å². The highest BCUT2D eigenvalue weighted by molar-refractivity contribution is 5.12. The van der Waals surface area contributed by atoms with Crippen LogP contribution in [0, 0.1) is 5.92 Å². The Balaban J connectivity index is 1.59. The molecule has 116 valence electrons. The third-order valence-electron chi connectivity index (χ3n) is 4.67. The predicted octanol–water partition coefficient (Wildman–Crippen LogP) is 3.07. The number of rotatable bonds is 5. The van der Waals surface area contributed by atoms with Gasteiger partial charge in [0, 0.05) is 31.0 Å². The molecular weight excluding hydrogens is 262 g/mol. The summed E-state index contributed by atoms with van der Waals surface area (Å²) in [5.41, 5.74) is 1.22. The Kier molecular flexibility index (Phi) is 5.09. The summed E-state index contributed by atoms with van der Waals surface area (Å²) in [6, 6.07) is 0.430. The molecule has 2 aliphatic rings. The van der Waals surface area contributed by atoms with Gasteiger partial charge >= 0.3 is 0 Å². The Hall–Kier alpha value is -1.13. The van der Waals surface area contributed by atoms with Crippen LogP contribution in [0.1, 0.15) is 50.7 Å². The molecule has 3 rings (SSSR count). The predicted molar refractivity (Wildman–Crippen MR) is 84.1 cm³/mol. The Morgan fingerprint density at radius 1 is 1.38 bits per heavy atom. The maximum Gasteiger partial charge on any atom is 0.101 e. The van der Waals surface area contributed by atoms with Gasteiger partial charge in [-0.25, -0.2) is 0 Å². The summed E-state index contributed by atoms with van der Waals surface area (Å²) >= 11 is 0. The number of allylic oxidation sites excluding steroid dienone is 2. The van der Waals surface area contributed by atoms with Gasteiger partial charge in [-0.05, 0) is 51.5 Å². The quantitative estimate of drug-likeness (QED) is 0.847. The van der Waals surface area contributed by atoms with Crippen molar-refractivity contribution in [2.75, 3.05) is 13.2 Å². The topological polar surface area (TPSA) is 39.1 Å². The molecule has 0 spiro atoms. The summed E-state index contributed by atoms with van der Waals surface area (Å²) in [7, 11) is 0. The van der Waals surface area contributed by atoms with Gasteiger partial charge < -0.3 is 10.1 Å². The molecule has 0 aromatic carbocycles. The van der Waals surface area contributed by atoms with Crippen LogP contribution in [-0.2, 0) is 11.3 Å². The van der Waals surface area contributed by atoms with Gasteiger partial charge in [0.2, 0.25) is 0 Å². The Labute approximate surface area is 127 Å². The molecule has 4 heteroatoms. The van der Waals surface area contributed by atoms with Gasteiger partial charge in [-0.1, -0.05) is 12.2 Å². The van der Waals surface area contributed by atoms with E-state index < -0.39 is 0 Å². The zero-order valence-electron chi connectivity index (χ0n) is 13.0. The van der Waals surface area contributed by atoms with Gasteiger partial charge in [-0.15, -0.1) is 0 Å². The minimum Gasteiger partial charge on any atom is -0.372 e. The third kappa shape index (κ3) is 3.74. The van der Waals surface area contributed by atoms with Crippen molar-refractivity contribution in [1.29, 1.82) is 0 Å². The average Bonchev–Trinajstić information content (AvgIpc) is 3.03. The van der Waals surface area contributed by atoms with Gasteiger partial charge in [0.25, 0.3) is 0 Å². The minimum absolute atomic E-state index is 0.165. The van der Waals surface area contributed by atoms with Crippen molar-refractivity contribution in [2.45, 2.75) is 57.7 Å². The Morgan fingerprint density at radius 2 is 2.33 bits per heavy atom. The molecular formula is C17H27N3O. The van der Waals surface area contributed by atoms with E-state index in [0.29, 0.717) is 6.04 Å². The second-order valence-corrected chi connectivity index (χ2v) is 6.23. The zero-order chi connectivity index (χ0) is 14.5. The maximum absolute atomic E-state index is 6.04. The number of hydrogen-bond donors (Lipinski definition) is 1. The highest BCUT2D eigenvalue weighted by Crippen LogP contribution is 2.29. The van der Waals surface area contributed by atoms with Crippen molar-refractivity contribution in [3.8, 4) is 0 Å². The monoisotopic (exact) mass is 289 g/mol. The van der Waals surface area contributed by atoms with E-state index in [4.69, 9.17) is 4.74 Å².